The van der Waals surface area contributed by atoms with Crippen molar-refractivity contribution in [1.82, 2.24) is 5.32 Å². The number of amides is 1. The van der Waals surface area contributed by atoms with Gasteiger partial charge in [-0.25, -0.2) is 0 Å². The second kappa shape index (κ2) is 8.18. The Hall–Kier alpha value is -2.61. The first-order valence-corrected chi connectivity index (χ1v) is 9.41. The summed E-state index contributed by atoms with van der Waals surface area (Å²) in [7, 11) is 0. The molecule has 0 bridgehead atoms. The van der Waals surface area contributed by atoms with Crippen LogP contribution in [0.3, 0.4) is 0 Å². The molecule has 0 spiro atoms. The Balaban J connectivity index is 1.67. The minimum atomic E-state index is 0.0793. The fourth-order valence-corrected chi connectivity index (χ4v) is 3.64. The Kier molecular flexibility index (Phi) is 5.72. The van der Waals surface area contributed by atoms with Crippen molar-refractivity contribution >= 4 is 16.7 Å². The molecule has 0 unspecified atom stereocenters. The summed E-state index contributed by atoms with van der Waals surface area (Å²) >= 11 is 0. The summed E-state index contributed by atoms with van der Waals surface area (Å²) < 4.78 is 0. The van der Waals surface area contributed by atoms with Crippen molar-refractivity contribution in [3.05, 3.63) is 82.9 Å². The molecule has 1 amide bonds. The van der Waals surface area contributed by atoms with Crippen LogP contribution in [0.15, 0.2) is 60.7 Å². The van der Waals surface area contributed by atoms with Gasteiger partial charge in [-0.15, -0.1) is 0 Å². The SMILES string of the molecule is CC[C@H](NC(=O)CCc1cccc2ccccc12)c1ccc(C)cc1C. The molecule has 1 N–H and O–H groups in total. The van der Waals surface area contributed by atoms with E-state index in [1.165, 1.54) is 33.0 Å². The molecule has 3 aromatic rings. The lowest BCUT2D eigenvalue weighted by Gasteiger charge is -2.20. The van der Waals surface area contributed by atoms with Crippen LogP contribution < -0.4 is 5.32 Å². The van der Waals surface area contributed by atoms with Gasteiger partial charge in [-0.05, 0) is 54.2 Å². The van der Waals surface area contributed by atoms with E-state index in [4.69, 9.17) is 0 Å². The van der Waals surface area contributed by atoms with Gasteiger partial charge in [-0.2, -0.15) is 0 Å². The van der Waals surface area contributed by atoms with Crippen LogP contribution in [0.25, 0.3) is 10.8 Å². The normalized spacial score (nSPS) is 12.1. The molecule has 0 fully saturated rings. The maximum Gasteiger partial charge on any atom is 0.220 e. The molecule has 0 saturated carbocycles. The van der Waals surface area contributed by atoms with Crippen LogP contribution in [-0.2, 0) is 11.2 Å². The summed E-state index contributed by atoms with van der Waals surface area (Å²) in [5.74, 6) is 0.116. The summed E-state index contributed by atoms with van der Waals surface area (Å²) in [5, 5.41) is 5.69. The van der Waals surface area contributed by atoms with Gasteiger partial charge >= 0.3 is 0 Å². The number of hydrogen-bond donors (Lipinski definition) is 1. The van der Waals surface area contributed by atoms with Crippen molar-refractivity contribution in [3.63, 3.8) is 0 Å². The molecule has 0 heterocycles. The summed E-state index contributed by atoms with van der Waals surface area (Å²) in [6.45, 7) is 6.34. The van der Waals surface area contributed by atoms with Crippen LogP contribution >= 0.6 is 0 Å². The highest BCUT2D eigenvalue weighted by Crippen LogP contribution is 2.23. The number of fused-ring (bicyclic) bond motifs is 1. The van der Waals surface area contributed by atoms with Crippen LogP contribution in [-0.4, -0.2) is 5.91 Å². The lowest BCUT2D eigenvalue weighted by atomic mass is 9.97. The minimum Gasteiger partial charge on any atom is -0.349 e. The predicted molar refractivity (Wildman–Crippen MR) is 109 cm³/mol. The molecule has 26 heavy (non-hydrogen) atoms. The minimum absolute atomic E-state index is 0.0793. The third-order valence-corrected chi connectivity index (χ3v) is 5.05. The van der Waals surface area contributed by atoms with E-state index in [9.17, 15) is 4.79 Å². The fraction of sp³-hybridized carbons (Fsp3) is 0.292. The van der Waals surface area contributed by atoms with E-state index in [1.807, 2.05) is 0 Å². The molecule has 1 atom stereocenters. The van der Waals surface area contributed by atoms with Crippen LogP contribution in [0, 0.1) is 13.8 Å². The molecular formula is C24H27NO. The highest BCUT2D eigenvalue weighted by atomic mass is 16.1. The zero-order chi connectivity index (χ0) is 18.5. The fourth-order valence-electron chi connectivity index (χ4n) is 3.64. The summed E-state index contributed by atoms with van der Waals surface area (Å²) in [4.78, 5) is 12.6. The van der Waals surface area contributed by atoms with Gasteiger partial charge in [0.05, 0.1) is 6.04 Å². The van der Waals surface area contributed by atoms with Crippen LogP contribution in [0.1, 0.15) is 48.1 Å². The molecule has 3 rings (SSSR count). The maximum absolute atomic E-state index is 12.6. The van der Waals surface area contributed by atoms with Crippen molar-refractivity contribution in [3.8, 4) is 0 Å². The molecule has 0 aliphatic carbocycles. The van der Waals surface area contributed by atoms with Crippen LogP contribution in [0.2, 0.25) is 0 Å². The second-order valence-electron chi connectivity index (χ2n) is 7.03. The predicted octanol–water partition coefficient (Wildman–Crippen LogP) is 5.66. The van der Waals surface area contributed by atoms with E-state index in [2.05, 4.69) is 86.8 Å². The number of hydrogen-bond acceptors (Lipinski definition) is 1. The van der Waals surface area contributed by atoms with Crippen molar-refractivity contribution in [1.29, 1.82) is 0 Å². The van der Waals surface area contributed by atoms with E-state index >= 15 is 0 Å². The van der Waals surface area contributed by atoms with Gasteiger partial charge in [0, 0.05) is 6.42 Å². The smallest absolute Gasteiger partial charge is 0.220 e. The lowest BCUT2D eigenvalue weighted by Crippen LogP contribution is -2.28. The number of carbonyl (C=O) groups is 1. The van der Waals surface area contributed by atoms with E-state index < -0.39 is 0 Å². The van der Waals surface area contributed by atoms with Crippen molar-refractivity contribution in [2.45, 2.75) is 46.1 Å². The number of nitrogens with one attached hydrogen (secondary N) is 1. The van der Waals surface area contributed by atoms with Crippen LogP contribution in [0.4, 0.5) is 0 Å². The van der Waals surface area contributed by atoms with Crippen molar-refractivity contribution in [2.24, 2.45) is 0 Å². The van der Waals surface area contributed by atoms with Gasteiger partial charge in [0.25, 0.3) is 0 Å². The first-order chi connectivity index (χ1) is 12.6. The monoisotopic (exact) mass is 345 g/mol. The summed E-state index contributed by atoms with van der Waals surface area (Å²) in [6.07, 6.45) is 2.16. The first kappa shape index (κ1) is 18.2. The van der Waals surface area contributed by atoms with Gasteiger partial charge in [0.2, 0.25) is 5.91 Å². The third kappa shape index (κ3) is 4.13. The molecular weight excluding hydrogens is 318 g/mol. The summed E-state index contributed by atoms with van der Waals surface area (Å²) in [5.41, 5.74) is 4.95. The van der Waals surface area contributed by atoms with Crippen LogP contribution in [0.5, 0.6) is 0 Å². The Morgan fingerprint density at radius 2 is 1.77 bits per heavy atom. The molecule has 2 heteroatoms. The van der Waals surface area contributed by atoms with Gasteiger partial charge < -0.3 is 5.32 Å². The molecule has 2 nitrogen and oxygen atoms in total. The second-order valence-corrected chi connectivity index (χ2v) is 7.03. The Morgan fingerprint density at radius 1 is 1.00 bits per heavy atom. The highest BCUT2D eigenvalue weighted by molar-refractivity contribution is 5.86. The van der Waals surface area contributed by atoms with E-state index in [1.54, 1.807) is 0 Å². The molecule has 0 aliphatic rings. The number of rotatable bonds is 6. The molecule has 0 saturated heterocycles. The third-order valence-electron chi connectivity index (χ3n) is 5.05. The molecule has 3 aromatic carbocycles. The van der Waals surface area contributed by atoms with E-state index in [-0.39, 0.29) is 11.9 Å². The largest absolute Gasteiger partial charge is 0.349 e. The van der Waals surface area contributed by atoms with Gasteiger partial charge in [0.1, 0.15) is 0 Å². The quantitative estimate of drug-likeness (QED) is 0.614. The van der Waals surface area contributed by atoms with Gasteiger partial charge in [0.15, 0.2) is 0 Å². The Bertz CT molecular complexity index is 908. The van der Waals surface area contributed by atoms with Gasteiger partial charge in [-0.1, -0.05) is 73.2 Å². The average molecular weight is 345 g/mol. The number of carbonyl (C=O) groups excluding carboxylic acids is 1. The average Bonchev–Trinajstić information content (AvgIpc) is 2.65. The molecule has 0 aliphatic heterocycles. The zero-order valence-corrected chi connectivity index (χ0v) is 15.9. The van der Waals surface area contributed by atoms with E-state index in [0.717, 1.165) is 12.8 Å². The number of aryl methyl sites for hydroxylation is 3. The summed E-state index contributed by atoms with van der Waals surface area (Å²) in [6, 6.07) is 21.2. The Morgan fingerprint density at radius 3 is 2.54 bits per heavy atom. The highest BCUT2D eigenvalue weighted by Gasteiger charge is 2.15. The lowest BCUT2D eigenvalue weighted by molar-refractivity contribution is -0.121. The Labute approximate surface area is 156 Å². The zero-order valence-electron chi connectivity index (χ0n) is 15.9. The standard InChI is InChI=1S/C24H27NO/c1-4-23(21-14-12-17(2)16-18(21)3)25-24(26)15-13-20-10-7-9-19-8-5-6-11-22(19)20/h5-12,14,16,23H,4,13,15H2,1-3H3,(H,25,26)/t23-/m0/s1. The first-order valence-electron chi connectivity index (χ1n) is 9.41. The molecule has 0 aromatic heterocycles. The molecule has 134 valence electrons. The van der Waals surface area contributed by atoms with Crippen molar-refractivity contribution < 1.29 is 4.79 Å². The van der Waals surface area contributed by atoms with Crippen molar-refractivity contribution in [2.75, 3.05) is 0 Å². The topological polar surface area (TPSA) is 29.1 Å². The van der Waals surface area contributed by atoms with Gasteiger partial charge in [-0.3, -0.25) is 4.79 Å². The number of benzene rings is 3. The molecule has 0 radical (unpaired) electrons. The van der Waals surface area contributed by atoms with E-state index in [0.29, 0.717) is 6.42 Å². The maximum atomic E-state index is 12.6.